The minimum atomic E-state index is -1.73. The molecule has 1 aliphatic rings. The van der Waals surface area contributed by atoms with E-state index in [2.05, 4.69) is 120 Å². The van der Waals surface area contributed by atoms with Crippen LogP contribution in [0, 0.1) is 11.5 Å². The van der Waals surface area contributed by atoms with E-state index in [0.717, 1.165) is 12.0 Å². The molecule has 0 aliphatic heterocycles. The highest BCUT2D eigenvalue weighted by molar-refractivity contribution is 6.90. The van der Waals surface area contributed by atoms with Crippen molar-refractivity contribution in [3.05, 3.63) is 77.4 Å². The van der Waals surface area contributed by atoms with E-state index in [9.17, 15) is 0 Å². The van der Waals surface area contributed by atoms with Crippen LogP contribution in [0.1, 0.15) is 58.2 Å². The summed E-state index contributed by atoms with van der Waals surface area (Å²) in [5, 5.41) is 7.93. The summed E-state index contributed by atoms with van der Waals surface area (Å²) in [6.45, 7) is 14.3. The van der Waals surface area contributed by atoms with Gasteiger partial charge in [0.1, 0.15) is 8.07 Å². The van der Waals surface area contributed by atoms with Crippen molar-refractivity contribution in [2.45, 2.75) is 64.6 Å². The van der Waals surface area contributed by atoms with Crippen LogP contribution in [0.4, 0.5) is 0 Å². The first-order chi connectivity index (χ1) is 15.8. The second kappa shape index (κ2) is 8.19. The molecule has 0 nitrogen and oxygen atoms in total. The normalized spacial score (nSPS) is 13.5. The molecule has 4 aromatic carbocycles. The SMILES string of the molecule is CC(C)[Si](C#Cc1ccc2cc3c(ccc4c5c(ccc43)CC=C5)cc2c1)(C(C)C)C(C)C. The molecule has 4 aromatic rings. The smallest absolute Gasteiger partial charge is 0.125 e. The average molecular weight is 447 g/mol. The summed E-state index contributed by atoms with van der Waals surface area (Å²) in [4.78, 5) is 0. The van der Waals surface area contributed by atoms with Gasteiger partial charge in [-0.2, -0.15) is 0 Å². The first-order valence-corrected chi connectivity index (χ1v) is 14.7. The number of benzene rings is 4. The fraction of sp³-hybridized carbons (Fsp3) is 0.312. The zero-order chi connectivity index (χ0) is 23.3. The Labute approximate surface area is 199 Å². The number of hydrogen-bond acceptors (Lipinski definition) is 0. The molecule has 1 aliphatic carbocycles. The zero-order valence-corrected chi connectivity index (χ0v) is 21.8. The van der Waals surface area contributed by atoms with Crippen molar-refractivity contribution >= 4 is 46.5 Å². The van der Waals surface area contributed by atoms with E-state index >= 15 is 0 Å². The standard InChI is InChI=1S/C32H34Si/c1-21(2)33(22(3)4,23(5)6)17-16-24-10-11-26-20-32-27(19-28(26)18-24)13-15-30-29-9-7-8-25(29)12-14-31(30)32/h7,9-15,18-23H,8H2,1-6H3. The highest BCUT2D eigenvalue weighted by Gasteiger charge is 2.41. The molecule has 0 heterocycles. The molecule has 0 unspecified atom stereocenters. The van der Waals surface area contributed by atoms with Crippen molar-refractivity contribution in [3.8, 4) is 11.5 Å². The first-order valence-electron chi connectivity index (χ1n) is 12.4. The molecule has 0 saturated carbocycles. The van der Waals surface area contributed by atoms with E-state index in [0.29, 0.717) is 16.6 Å². The molecular formula is C32H34Si. The van der Waals surface area contributed by atoms with Crippen LogP contribution < -0.4 is 0 Å². The van der Waals surface area contributed by atoms with Crippen LogP contribution in [0.2, 0.25) is 16.6 Å². The Bertz CT molecular complexity index is 1450. The molecule has 0 bridgehead atoms. The number of fused-ring (bicyclic) bond motifs is 6. The fourth-order valence-electron chi connectivity index (χ4n) is 6.33. The molecular weight excluding hydrogens is 412 g/mol. The van der Waals surface area contributed by atoms with Crippen LogP contribution in [0.25, 0.3) is 38.4 Å². The van der Waals surface area contributed by atoms with Gasteiger partial charge in [0.2, 0.25) is 0 Å². The highest BCUT2D eigenvalue weighted by Crippen LogP contribution is 2.41. The van der Waals surface area contributed by atoms with Gasteiger partial charge in [-0.3, -0.25) is 0 Å². The predicted octanol–water partition coefficient (Wildman–Crippen LogP) is 9.28. The van der Waals surface area contributed by atoms with Crippen LogP contribution in [-0.4, -0.2) is 8.07 Å². The van der Waals surface area contributed by atoms with Crippen molar-refractivity contribution in [3.63, 3.8) is 0 Å². The van der Waals surface area contributed by atoms with Gasteiger partial charge in [-0.25, -0.2) is 0 Å². The van der Waals surface area contributed by atoms with E-state index in [1.807, 2.05) is 0 Å². The van der Waals surface area contributed by atoms with Crippen molar-refractivity contribution in [1.29, 1.82) is 0 Å². The largest absolute Gasteiger partial charge is 0.146 e. The Morgan fingerprint density at radius 3 is 2.09 bits per heavy atom. The maximum atomic E-state index is 3.88. The lowest BCUT2D eigenvalue weighted by Gasteiger charge is -2.38. The van der Waals surface area contributed by atoms with Gasteiger partial charge in [0.15, 0.2) is 0 Å². The lowest BCUT2D eigenvalue weighted by atomic mass is 9.94. The summed E-state index contributed by atoms with van der Waals surface area (Å²) in [7, 11) is -1.73. The Morgan fingerprint density at radius 2 is 1.36 bits per heavy atom. The molecule has 5 rings (SSSR count). The molecule has 1 heteroatoms. The number of rotatable bonds is 3. The van der Waals surface area contributed by atoms with Gasteiger partial charge in [-0.05, 0) is 90.8 Å². The van der Waals surface area contributed by atoms with Crippen molar-refractivity contribution < 1.29 is 0 Å². The average Bonchev–Trinajstić information content (AvgIpc) is 3.26. The van der Waals surface area contributed by atoms with Gasteiger partial charge in [0, 0.05) is 5.56 Å². The molecule has 0 radical (unpaired) electrons. The quantitative estimate of drug-likeness (QED) is 0.127. The summed E-state index contributed by atoms with van der Waals surface area (Å²) < 4.78 is 0. The van der Waals surface area contributed by atoms with Gasteiger partial charge < -0.3 is 0 Å². The second-order valence-electron chi connectivity index (χ2n) is 10.7. The molecule has 0 atom stereocenters. The molecule has 0 amide bonds. The van der Waals surface area contributed by atoms with Gasteiger partial charge in [-0.15, -0.1) is 5.54 Å². The minimum absolute atomic E-state index is 0.652. The van der Waals surface area contributed by atoms with Gasteiger partial charge in [-0.1, -0.05) is 89.9 Å². The molecule has 0 N–H and O–H groups in total. The number of hydrogen-bond donors (Lipinski definition) is 0. The first kappa shape index (κ1) is 22.0. The molecule has 0 spiro atoms. The van der Waals surface area contributed by atoms with E-state index in [1.165, 1.54) is 43.4 Å². The topological polar surface area (TPSA) is 0 Å². The van der Waals surface area contributed by atoms with E-state index in [1.54, 1.807) is 0 Å². The van der Waals surface area contributed by atoms with E-state index in [-0.39, 0.29) is 0 Å². The van der Waals surface area contributed by atoms with Crippen LogP contribution in [-0.2, 0) is 6.42 Å². The predicted molar refractivity (Wildman–Crippen MR) is 150 cm³/mol. The van der Waals surface area contributed by atoms with Crippen LogP contribution in [0.15, 0.2) is 60.7 Å². The Hall–Kier alpha value is -2.82. The van der Waals surface area contributed by atoms with Crippen molar-refractivity contribution in [1.82, 2.24) is 0 Å². The molecule has 166 valence electrons. The zero-order valence-electron chi connectivity index (χ0n) is 20.8. The minimum Gasteiger partial charge on any atom is -0.125 e. The number of allylic oxidation sites excluding steroid dienone is 1. The molecule has 0 aromatic heterocycles. The van der Waals surface area contributed by atoms with Gasteiger partial charge in [0.05, 0.1) is 0 Å². The molecule has 0 saturated heterocycles. The maximum absolute atomic E-state index is 3.88. The van der Waals surface area contributed by atoms with Crippen LogP contribution in [0.3, 0.4) is 0 Å². The maximum Gasteiger partial charge on any atom is 0.146 e. The third-order valence-electron chi connectivity index (χ3n) is 8.02. The van der Waals surface area contributed by atoms with Crippen LogP contribution >= 0.6 is 0 Å². The second-order valence-corrected chi connectivity index (χ2v) is 16.3. The summed E-state index contributed by atoms with van der Waals surface area (Å²) in [5.74, 6) is 3.63. The summed E-state index contributed by atoms with van der Waals surface area (Å²) in [5.41, 5.74) is 9.81. The van der Waals surface area contributed by atoms with E-state index < -0.39 is 8.07 Å². The Kier molecular flexibility index (Phi) is 5.46. The summed E-state index contributed by atoms with van der Waals surface area (Å²) in [6.07, 6.45) is 5.61. The summed E-state index contributed by atoms with van der Waals surface area (Å²) >= 11 is 0. The van der Waals surface area contributed by atoms with E-state index in [4.69, 9.17) is 0 Å². The monoisotopic (exact) mass is 446 g/mol. The van der Waals surface area contributed by atoms with Crippen molar-refractivity contribution in [2.75, 3.05) is 0 Å². The Morgan fingerprint density at radius 1 is 0.667 bits per heavy atom. The summed E-state index contributed by atoms with van der Waals surface area (Å²) in [6, 6.07) is 20.7. The fourth-order valence-corrected chi connectivity index (χ4v) is 11.6. The van der Waals surface area contributed by atoms with Crippen LogP contribution in [0.5, 0.6) is 0 Å². The lowest BCUT2D eigenvalue weighted by Crippen LogP contribution is -2.43. The molecule has 0 fully saturated rings. The third-order valence-corrected chi connectivity index (χ3v) is 14.3. The van der Waals surface area contributed by atoms with Gasteiger partial charge >= 0.3 is 0 Å². The third kappa shape index (κ3) is 3.53. The highest BCUT2D eigenvalue weighted by atomic mass is 28.3. The molecule has 33 heavy (non-hydrogen) atoms. The van der Waals surface area contributed by atoms with Crippen molar-refractivity contribution in [2.24, 2.45) is 0 Å². The lowest BCUT2D eigenvalue weighted by molar-refractivity contribution is 0.838. The van der Waals surface area contributed by atoms with Gasteiger partial charge in [0.25, 0.3) is 0 Å². The Balaban J connectivity index is 1.63.